The number of benzene rings is 1. The third-order valence-corrected chi connectivity index (χ3v) is 6.89. The van der Waals surface area contributed by atoms with Crippen molar-refractivity contribution in [1.29, 1.82) is 0 Å². The molecule has 2 N–H and O–H groups in total. The van der Waals surface area contributed by atoms with E-state index in [0.717, 1.165) is 59.3 Å². The number of nitrogens with zero attached hydrogens (tertiary/aromatic N) is 2. The average molecular weight is 396 g/mol. The lowest BCUT2D eigenvalue weighted by Gasteiger charge is -2.17. The Kier molecular flexibility index (Phi) is 3.90. The van der Waals surface area contributed by atoms with Crippen LogP contribution in [0.25, 0.3) is 11.0 Å². The molecule has 0 saturated heterocycles. The molecule has 2 amide bonds. The van der Waals surface area contributed by atoms with Gasteiger partial charge in [-0.15, -0.1) is 0 Å². The summed E-state index contributed by atoms with van der Waals surface area (Å²) in [7, 11) is -4.08. The number of carbonyl (C=O) groups excluding carboxylic acids is 1. The molecule has 7 nitrogen and oxygen atoms in total. The first-order valence-corrected chi connectivity index (χ1v) is 10.9. The molecule has 3 aromatic rings. The highest BCUT2D eigenvalue weighted by Gasteiger charge is 2.26. The molecule has 2 heterocycles. The van der Waals surface area contributed by atoms with Gasteiger partial charge >= 0.3 is 16.2 Å². The number of carbonyl (C=O) groups is 1. The van der Waals surface area contributed by atoms with E-state index in [1.165, 1.54) is 17.3 Å². The van der Waals surface area contributed by atoms with Gasteiger partial charge in [-0.1, -0.05) is 6.07 Å². The second-order valence-corrected chi connectivity index (χ2v) is 8.86. The minimum absolute atomic E-state index is 0.421. The van der Waals surface area contributed by atoms with Crippen LogP contribution in [0.1, 0.15) is 35.1 Å². The van der Waals surface area contributed by atoms with E-state index in [2.05, 4.69) is 21.1 Å². The molecule has 0 unspecified atom stereocenters. The smallest absolute Gasteiger partial charge is 0.307 e. The Morgan fingerprint density at radius 2 is 1.75 bits per heavy atom. The van der Waals surface area contributed by atoms with Gasteiger partial charge in [0, 0.05) is 18.1 Å². The molecule has 0 saturated carbocycles. The Morgan fingerprint density at radius 3 is 2.46 bits per heavy atom. The zero-order chi connectivity index (χ0) is 19.3. The van der Waals surface area contributed by atoms with Crippen molar-refractivity contribution in [2.75, 3.05) is 5.32 Å². The fourth-order valence-corrected chi connectivity index (χ4v) is 5.44. The van der Waals surface area contributed by atoms with Gasteiger partial charge in [0.1, 0.15) is 0 Å². The molecule has 0 bridgehead atoms. The summed E-state index contributed by atoms with van der Waals surface area (Å²) in [5.41, 5.74) is 6.65. The molecule has 0 fully saturated rings. The lowest BCUT2D eigenvalue weighted by Crippen LogP contribution is -2.38. The maximum absolute atomic E-state index is 12.7. The fraction of sp³-hybridized carbons (Fsp3) is 0.300. The quantitative estimate of drug-likeness (QED) is 0.712. The van der Waals surface area contributed by atoms with Gasteiger partial charge in [0.15, 0.2) is 0 Å². The molecule has 0 spiro atoms. The highest BCUT2D eigenvalue weighted by atomic mass is 32.2. The van der Waals surface area contributed by atoms with Crippen LogP contribution in [0.15, 0.2) is 36.7 Å². The molecule has 28 heavy (non-hydrogen) atoms. The number of aryl methyl sites for hydroxylation is 2. The van der Waals surface area contributed by atoms with E-state index in [1.54, 1.807) is 24.4 Å². The molecule has 0 radical (unpaired) electrons. The van der Waals surface area contributed by atoms with Crippen molar-refractivity contribution in [2.45, 2.75) is 38.5 Å². The lowest BCUT2D eigenvalue weighted by molar-refractivity contribution is 0.256. The maximum Gasteiger partial charge on any atom is 0.334 e. The molecule has 0 atom stereocenters. The molecule has 0 aliphatic heterocycles. The maximum atomic E-state index is 12.7. The zero-order valence-electron chi connectivity index (χ0n) is 15.2. The third kappa shape index (κ3) is 2.75. The summed E-state index contributed by atoms with van der Waals surface area (Å²) in [6.45, 7) is 0. The van der Waals surface area contributed by atoms with Gasteiger partial charge in [0.2, 0.25) is 0 Å². The number of amides is 2. The second kappa shape index (κ2) is 6.34. The second-order valence-electron chi connectivity index (χ2n) is 7.31. The van der Waals surface area contributed by atoms with Crippen LogP contribution >= 0.6 is 0 Å². The van der Waals surface area contributed by atoms with Gasteiger partial charge in [-0.2, -0.15) is 8.42 Å². The molecule has 2 aliphatic rings. The Morgan fingerprint density at radius 1 is 1.04 bits per heavy atom. The SMILES string of the molecule is O=C(Nc1c2c(cc3c1CCC3)CCC2)NS(=O)(=O)n1ccc2ncccc21. The Labute approximate surface area is 163 Å². The van der Waals surface area contributed by atoms with Crippen LogP contribution in [-0.2, 0) is 35.9 Å². The molecule has 5 rings (SSSR count). The van der Waals surface area contributed by atoms with Gasteiger partial charge in [0.05, 0.1) is 11.0 Å². The predicted octanol–water partition coefficient (Wildman–Crippen LogP) is 2.93. The summed E-state index contributed by atoms with van der Waals surface area (Å²) in [4.78, 5) is 16.8. The van der Waals surface area contributed by atoms with E-state index in [-0.39, 0.29) is 0 Å². The van der Waals surface area contributed by atoms with Crippen molar-refractivity contribution < 1.29 is 13.2 Å². The number of urea groups is 1. The molecule has 8 heteroatoms. The fourth-order valence-electron chi connectivity index (χ4n) is 4.42. The number of hydrogen-bond donors (Lipinski definition) is 2. The van der Waals surface area contributed by atoms with Crippen molar-refractivity contribution in [3.05, 3.63) is 58.9 Å². The van der Waals surface area contributed by atoms with Gasteiger partial charge < -0.3 is 5.32 Å². The Bertz CT molecular complexity index is 1180. The number of nitrogens with one attached hydrogen (secondary N) is 2. The normalized spacial score (nSPS) is 15.4. The number of anilines is 1. The zero-order valence-corrected chi connectivity index (χ0v) is 16.1. The summed E-state index contributed by atoms with van der Waals surface area (Å²) in [5, 5.41) is 2.85. The largest absolute Gasteiger partial charge is 0.334 e. The number of fused-ring (bicyclic) bond motifs is 3. The van der Waals surface area contributed by atoms with Crippen LogP contribution in [0.5, 0.6) is 0 Å². The minimum Gasteiger partial charge on any atom is -0.307 e. The van der Waals surface area contributed by atoms with E-state index in [1.807, 2.05) is 0 Å². The summed E-state index contributed by atoms with van der Waals surface area (Å²) in [6, 6.07) is 6.44. The van der Waals surface area contributed by atoms with Crippen LogP contribution < -0.4 is 10.0 Å². The van der Waals surface area contributed by atoms with Crippen molar-refractivity contribution in [1.82, 2.24) is 13.7 Å². The summed E-state index contributed by atoms with van der Waals surface area (Å²) in [5.74, 6) is 0. The van der Waals surface area contributed by atoms with Crippen LogP contribution in [-0.4, -0.2) is 23.4 Å². The average Bonchev–Trinajstić information content (AvgIpc) is 3.39. The Hall–Kier alpha value is -2.87. The molecular weight excluding hydrogens is 376 g/mol. The summed E-state index contributed by atoms with van der Waals surface area (Å²) < 4.78 is 28.7. The molecular formula is C20H20N4O3S. The van der Waals surface area contributed by atoms with Gasteiger partial charge in [-0.3, -0.25) is 4.98 Å². The number of aromatic nitrogens is 2. The van der Waals surface area contributed by atoms with Crippen molar-refractivity contribution in [3.8, 4) is 0 Å². The number of pyridine rings is 1. The summed E-state index contributed by atoms with van der Waals surface area (Å²) in [6.07, 6.45) is 8.97. The van der Waals surface area contributed by atoms with E-state index in [9.17, 15) is 13.2 Å². The standard InChI is InChI=1S/C20H20N4O3S/c25-20(23-28(26,27)24-11-9-17-18(24)8-3-10-21-17)22-19-15-6-1-4-13(15)12-14-5-2-7-16(14)19/h3,8-12H,1-2,4-7H2,(H2,22,23,25). The molecule has 144 valence electrons. The molecule has 2 aromatic heterocycles. The Balaban J connectivity index is 1.44. The van der Waals surface area contributed by atoms with Crippen molar-refractivity contribution >= 4 is 33.0 Å². The van der Waals surface area contributed by atoms with Crippen molar-refractivity contribution in [3.63, 3.8) is 0 Å². The predicted molar refractivity (Wildman–Crippen MR) is 107 cm³/mol. The highest BCUT2D eigenvalue weighted by Crippen LogP contribution is 2.38. The van der Waals surface area contributed by atoms with Crippen LogP contribution in [0.2, 0.25) is 0 Å². The number of hydrogen-bond acceptors (Lipinski definition) is 4. The van der Waals surface area contributed by atoms with Crippen LogP contribution in [0.3, 0.4) is 0 Å². The van der Waals surface area contributed by atoms with Gasteiger partial charge in [0.25, 0.3) is 0 Å². The monoisotopic (exact) mass is 396 g/mol. The highest BCUT2D eigenvalue weighted by molar-refractivity contribution is 7.88. The minimum atomic E-state index is -4.08. The van der Waals surface area contributed by atoms with Crippen LogP contribution in [0, 0.1) is 0 Å². The third-order valence-electron chi connectivity index (χ3n) is 5.61. The molecule has 1 aromatic carbocycles. The first-order chi connectivity index (χ1) is 13.5. The van der Waals surface area contributed by atoms with Gasteiger partial charge in [-0.05, 0) is 79.0 Å². The van der Waals surface area contributed by atoms with Gasteiger partial charge in [-0.25, -0.2) is 13.5 Å². The lowest BCUT2D eigenvalue weighted by atomic mass is 9.99. The van der Waals surface area contributed by atoms with E-state index in [4.69, 9.17) is 0 Å². The first-order valence-electron chi connectivity index (χ1n) is 9.46. The number of rotatable bonds is 3. The molecule has 2 aliphatic carbocycles. The van der Waals surface area contributed by atoms with E-state index < -0.39 is 16.2 Å². The van der Waals surface area contributed by atoms with E-state index in [0.29, 0.717) is 11.0 Å². The van der Waals surface area contributed by atoms with Crippen molar-refractivity contribution in [2.24, 2.45) is 0 Å². The first kappa shape index (κ1) is 17.2. The summed E-state index contributed by atoms with van der Waals surface area (Å²) >= 11 is 0. The topological polar surface area (TPSA) is 93.1 Å². The van der Waals surface area contributed by atoms with Crippen LogP contribution in [0.4, 0.5) is 10.5 Å². The van der Waals surface area contributed by atoms with E-state index >= 15 is 0 Å².